The van der Waals surface area contributed by atoms with Crippen LogP contribution in [-0.2, 0) is 55.0 Å². The van der Waals surface area contributed by atoms with E-state index in [1.165, 1.54) is 18.2 Å². The lowest BCUT2D eigenvalue weighted by Gasteiger charge is -2.31. The molecule has 28 heteroatoms. The summed E-state index contributed by atoms with van der Waals surface area (Å²) in [6.07, 6.45) is 21.7. The quantitative estimate of drug-likeness (QED) is 0.00531. The number of unbranched alkanes of at least 4 members (excludes halogenated alkanes) is 2. The zero-order valence-electron chi connectivity index (χ0n) is 67.9. The lowest BCUT2D eigenvalue weighted by molar-refractivity contribution is -0.538. The van der Waals surface area contributed by atoms with Crippen molar-refractivity contribution in [1.29, 1.82) is 0 Å². The number of nitrogens with one attached hydrogen (secondary N) is 5. The maximum atomic E-state index is 14.5. The van der Waals surface area contributed by atoms with E-state index in [0.29, 0.717) is 95.0 Å². The van der Waals surface area contributed by atoms with Crippen molar-refractivity contribution in [3.63, 3.8) is 0 Å². The number of para-hydroxylation sites is 1. The number of carbonyl (C=O) groups is 5. The second-order valence-electron chi connectivity index (χ2n) is 31.3. The molecule has 26 nitrogen and oxygen atoms in total. The third-order valence-corrected chi connectivity index (χ3v) is 24.4. The van der Waals surface area contributed by atoms with Gasteiger partial charge in [0, 0.05) is 149 Å². The van der Waals surface area contributed by atoms with Crippen molar-refractivity contribution in [2.24, 2.45) is 16.1 Å². The lowest BCUT2D eigenvalue weighted by Crippen LogP contribution is -2.57. The van der Waals surface area contributed by atoms with Gasteiger partial charge in [0.1, 0.15) is 33.2 Å². The van der Waals surface area contributed by atoms with Crippen molar-refractivity contribution in [2.75, 3.05) is 105 Å². The number of ether oxygens (including phenoxy) is 1. The van der Waals surface area contributed by atoms with Crippen LogP contribution in [0, 0.1) is 5.92 Å². The van der Waals surface area contributed by atoms with E-state index in [4.69, 9.17) is 9.72 Å². The topological polar surface area (TPSA) is 324 Å². The van der Waals surface area contributed by atoms with E-state index in [9.17, 15) is 49.9 Å². The van der Waals surface area contributed by atoms with E-state index < -0.39 is 55.0 Å². The van der Waals surface area contributed by atoms with Crippen molar-refractivity contribution in [3.05, 3.63) is 187 Å². The molecule has 1 saturated heterocycles. The van der Waals surface area contributed by atoms with Gasteiger partial charge in [-0.25, -0.2) is 18.2 Å². The Hall–Kier alpha value is -10.4. The van der Waals surface area contributed by atoms with Gasteiger partial charge in [-0.05, 0) is 161 Å². The van der Waals surface area contributed by atoms with Crippen LogP contribution < -0.4 is 50.8 Å². The number of likely N-dealkylation sites (N-methyl/N-ethyl adjacent to an activating group) is 1. The predicted molar refractivity (Wildman–Crippen MR) is 454 cm³/mol. The highest BCUT2D eigenvalue weighted by Crippen LogP contribution is 2.49. The number of rotatable bonds is 36. The molecular formula is C88H112N14O12S2. The van der Waals surface area contributed by atoms with E-state index >= 15 is 0 Å². The number of hydrogen-bond acceptors (Lipinski definition) is 18. The zero-order valence-corrected chi connectivity index (χ0v) is 69.6. The number of aromatic nitrogens is 2. The molecular weight excluding hydrogens is 1510 g/mol. The summed E-state index contributed by atoms with van der Waals surface area (Å²) in [5, 5.41) is 23.9. The highest BCUT2D eigenvalue weighted by molar-refractivity contribution is 7.86. The maximum Gasteiger partial charge on any atom is 0.318 e. The third kappa shape index (κ3) is 21.8. The van der Waals surface area contributed by atoms with Gasteiger partial charge in [-0.1, -0.05) is 121 Å². The monoisotopic (exact) mass is 1620 g/mol. The first kappa shape index (κ1) is 86.5. The molecule has 0 radical (unpaired) electrons. The number of hydrogen-bond donors (Lipinski definition) is 6. The van der Waals surface area contributed by atoms with Crippen LogP contribution in [0.15, 0.2) is 196 Å². The second kappa shape index (κ2) is 39.5. The number of anilines is 4. The Kier molecular flexibility index (Phi) is 29.4. The Balaban J connectivity index is 0.667. The van der Waals surface area contributed by atoms with Crippen molar-refractivity contribution in [1.82, 2.24) is 36.5 Å². The summed E-state index contributed by atoms with van der Waals surface area (Å²) in [4.78, 5) is 84.0. The van der Waals surface area contributed by atoms with E-state index in [1.54, 1.807) is 23.1 Å². The number of morpholine rings is 1. The summed E-state index contributed by atoms with van der Waals surface area (Å²) >= 11 is 0. The molecule has 3 aliphatic heterocycles. The first-order chi connectivity index (χ1) is 55.7. The van der Waals surface area contributed by atoms with Crippen LogP contribution in [0.5, 0.6) is 0 Å². The summed E-state index contributed by atoms with van der Waals surface area (Å²) in [5.41, 5.74) is 10.9. The number of allylic oxidation sites excluding steroid dienone is 7. The number of benzene rings is 6. The van der Waals surface area contributed by atoms with Gasteiger partial charge in [0.05, 0.1) is 40.4 Å². The molecule has 4 heterocycles. The van der Waals surface area contributed by atoms with E-state index in [2.05, 4.69) is 111 Å². The maximum absolute atomic E-state index is 14.5. The van der Waals surface area contributed by atoms with Crippen LogP contribution in [0.4, 0.5) is 38.9 Å². The number of nitrogens with zero attached hydrogens (tertiary/aromatic N) is 9. The molecule has 1 saturated carbocycles. The minimum Gasteiger partial charge on any atom is -0.744 e. The van der Waals surface area contributed by atoms with Crippen LogP contribution in [0.2, 0.25) is 0 Å². The number of urea groups is 1. The number of carbonyl (C=O) groups excluding carboxylic acids is 5. The van der Waals surface area contributed by atoms with Gasteiger partial charge in [0.2, 0.25) is 40.3 Å². The molecule has 618 valence electrons. The fourth-order valence-electron chi connectivity index (χ4n) is 16.3. The second-order valence-corrected chi connectivity index (χ2v) is 34.1. The van der Waals surface area contributed by atoms with Crippen molar-refractivity contribution >= 4 is 106 Å². The van der Waals surface area contributed by atoms with Gasteiger partial charge in [-0.3, -0.25) is 23.7 Å². The predicted octanol–water partition coefficient (Wildman–Crippen LogP) is 13.0. The smallest absolute Gasteiger partial charge is 0.318 e. The van der Waals surface area contributed by atoms with Gasteiger partial charge < -0.3 is 60.4 Å². The van der Waals surface area contributed by atoms with Gasteiger partial charge in [-0.15, -0.1) is 4.57 Å². The van der Waals surface area contributed by atoms with Crippen LogP contribution in [-0.4, -0.2) is 169 Å². The Labute approximate surface area is 682 Å². The molecule has 3 atom stereocenters. The Bertz CT molecular complexity index is 5040. The highest BCUT2D eigenvalue weighted by Gasteiger charge is 2.44. The molecule has 11 rings (SSSR count). The van der Waals surface area contributed by atoms with E-state index in [0.717, 1.165) is 107 Å². The summed E-state index contributed by atoms with van der Waals surface area (Å²) in [7, 11) is -7.18. The summed E-state index contributed by atoms with van der Waals surface area (Å²) < 4.78 is 78.4. The van der Waals surface area contributed by atoms with Crippen molar-refractivity contribution in [2.45, 2.75) is 171 Å². The number of azo groups is 1. The molecule has 6 aromatic carbocycles. The first-order valence-electron chi connectivity index (χ1n) is 40.7. The van der Waals surface area contributed by atoms with Crippen LogP contribution in [0.3, 0.4) is 0 Å². The molecule has 116 heavy (non-hydrogen) atoms. The number of fused-ring (bicyclic) bond motifs is 4. The molecule has 0 spiro atoms. The third-order valence-electron chi connectivity index (χ3n) is 22.7. The molecule has 6 amide bonds. The van der Waals surface area contributed by atoms with Gasteiger partial charge in [-0.2, -0.15) is 18.6 Å². The van der Waals surface area contributed by atoms with Gasteiger partial charge >= 0.3 is 6.03 Å². The largest absolute Gasteiger partial charge is 0.744 e. The minimum absolute atomic E-state index is 0.0328. The zero-order chi connectivity index (χ0) is 82.7. The molecule has 4 aliphatic rings. The summed E-state index contributed by atoms with van der Waals surface area (Å²) in [6, 6.07) is 36.9. The summed E-state index contributed by atoms with van der Waals surface area (Å²) in [6.45, 7) is 19.7. The Morgan fingerprint density at radius 1 is 0.664 bits per heavy atom. The average molecular weight is 1620 g/mol. The molecule has 2 fully saturated rings. The van der Waals surface area contributed by atoms with E-state index in [1.807, 2.05) is 139 Å². The minimum atomic E-state index is -4.75. The fourth-order valence-corrected chi connectivity index (χ4v) is 17.3. The normalized spacial score (nSPS) is 17.2. The summed E-state index contributed by atoms with van der Waals surface area (Å²) in [5.74, 6) is -1.26. The molecule has 6 N–H and O–H groups in total. The standard InChI is InChI=1S/C88H112N14O12S2/c1-9-98(10-2)67-40-44-73-79(59-67)102(66-29-20-16-21-30-66)78-58-64(37-43-72(78)92-73)96-95-63-35-38-65(39-36-63)97(8)51-26-34-83(104)90-49-50-91-84(105)74(93-85(106)75(57-62-27-18-15-19-28-62)94-86(107)99-53-55-114-56-54-99)47-48-89-82(103)33-24-17-25-52-101-77-46-42-69(116(111,112)113)61-71(77)88(6,7)81(101)32-23-14-12-13-22-31-80-87(4,5)70-60-68(115(108,109)110)41-45-76(70)100(80)11-3/h12-14,16,20-23,29-32,35-46,58-62,74-75,80H,9-11,15,17-19,24-28,33-34,47-57H2,1-8H3,(H6-,89,90,91,93,94,103,104,105,106,107,108,109,110,111,112,113)/b13-12+,23-14+,31-22+,81-32-/t74-,75-,80?/m0/s1. The Morgan fingerprint density at radius 2 is 1.29 bits per heavy atom. The van der Waals surface area contributed by atoms with Crippen LogP contribution >= 0.6 is 0 Å². The highest BCUT2D eigenvalue weighted by atomic mass is 32.2. The first-order valence-corrected chi connectivity index (χ1v) is 43.6. The lowest BCUT2D eigenvalue weighted by atomic mass is 9.80. The van der Waals surface area contributed by atoms with Crippen LogP contribution in [0.25, 0.3) is 27.8 Å². The van der Waals surface area contributed by atoms with E-state index in [-0.39, 0.29) is 78.5 Å². The molecule has 1 aliphatic carbocycles. The molecule has 1 aromatic heterocycles. The van der Waals surface area contributed by atoms with Gasteiger partial charge in [0.15, 0.2) is 0 Å². The van der Waals surface area contributed by atoms with Gasteiger partial charge in [0.25, 0.3) is 10.1 Å². The van der Waals surface area contributed by atoms with Crippen molar-refractivity contribution < 1.29 is 59.2 Å². The SMILES string of the molecule is CCN(CC)c1ccc2nc3ccc(N=Nc4ccc(N(C)CCCC(=O)NCCNC(=O)[C@H](CCNC(=O)CCCCCN5\C(=C/C=C/C=C/C=C/C6N(CC)c7ccc(S(=O)(=O)O)cc7C6(C)C)C(C)(C)c6cc(S(=O)(=O)[O-])ccc65)NC(=O)[C@H](CC5CCCCC5)NC(=O)N5CCOCC5)cc4)cc3[n+](-c3ccccc3)c2c1. The molecule has 0 bridgehead atoms. The van der Waals surface area contributed by atoms with Crippen LogP contribution in [0.1, 0.15) is 143 Å². The molecule has 1 unspecified atom stereocenters. The molecule has 7 aromatic rings. The van der Waals surface area contributed by atoms with Crippen molar-refractivity contribution in [3.8, 4) is 5.69 Å². The Morgan fingerprint density at radius 3 is 2.00 bits per heavy atom. The number of amides is 6. The average Bonchev–Trinajstić information content (AvgIpc) is 1.61. The fraction of sp³-hybridized carbons (Fsp3) is 0.443.